The summed E-state index contributed by atoms with van der Waals surface area (Å²) in [5, 5.41) is 26.7. The molecule has 13 nitrogen and oxygen atoms in total. The number of carbonyl (C=O) groups is 5. The van der Waals surface area contributed by atoms with Gasteiger partial charge < -0.3 is 42.6 Å². The smallest absolute Gasteiger partial charge is 0.326 e. The molecule has 5 unspecified atom stereocenters. The van der Waals surface area contributed by atoms with Crippen LogP contribution in [0.2, 0.25) is 0 Å². The Morgan fingerprint density at radius 3 is 2.22 bits per heavy atom. The molecule has 0 saturated heterocycles. The number of hydrogen-bond acceptors (Lipinski definition) is 7. The normalized spacial score (nSPS) is 15.1. The second kappa shape index (κ2) is 13.4. The van der Waals surface area contributed by atoms with Crippen LogP contribution in [-0.4, -0.2) is 75.6 Å². The molecule has 2 rings (SSSR count). The number of aliphatic hydroxyl groups excluding tert-OH is 1. The minimum atomic E-state index is -1.50. The highest BCUT2D eigenvalue weighted by Gasteiger charge is 2.33. The third kappa shape index (κ3) is 8.02. The van der Waals surface area contributed by atoms with Crippen molar-refractivity contribution in [3.05, 3.63) is 36.0 Å². The first-order valence-corrected chi connectivity index (χ1v) is 11.8. The van der Waals surface area contributed by atoms with Gasteiger partial charge in [0.1, 0.15) is 24.2 Å². The van der Waals surface area contributed by atoms with Crippen molar-refractivity contribution in [2.24, 2.45) is 17.4 Å². The summed E-state index contributed by atoms with van der Waals surface area (Å²) in [5.74, 6) is -5.16. The van der Waals surface area contributed by atoms with E-state index in [-0.39, 0.29) is 6.42 Å². The number of carboxylic acids is 1. The molecule has 1 aromatic heterocycles. The van der Waals surface area contributed by atoms with Crippen LogP contribution in [0, 0.1) is 5.92 Å². The molecular weight excluding hydrogens is 484 g/mol. The molecule has 4 amide bonds. The van der Waals surface area contributed by atoms with Crippen molar-refractivity contribution in [3.8, 4) is 0 Å². The van der Waals surface area contributed by atoms with Crippen LogP contribution in [-0.2, 0) is 30.4 Å². The molecule has 0 aliphatic rings. The fraction of sp³-hybridized carbons (Fsp3) is 0.458. The Kier molecular flexibility index (Phi) is 10.6. The van der Waals surface area contributed by atoms with Crippen LogP contribution in [0.3, 0.4) is 0 Å². The summed E-state index contributed by atoms with van der Waals surface area (Å²) < 4.78 is 0. The molecule has 0 saturated carbocycles. The van der Waals surface area contributed by atoms with Crippen molar-refractivity contribution in [1.29, 1.82) is 0 Å². The van der Waals surface area contributed by atoms with E-state index in [1.54, 1.807) is 26.1 Å². The number of carboxylic acid groups (broad SMARTS) is 1. The van der Waals surface area contributed by atoms with Crippen molar-refractivity contribution in [3.63, 3.8) is 0 Å². The number of nitrogens with two attached hydrogens (primary N) is 2. The van der Waals surface area contributed by atoms with Gasteiger partial charge in [0, 0.05) is 23.5 Å². The van der Waals surface area contributed by atoms with Crippen molar-refractivity contribution < 1.29 is 34.2 Å². The maximum absolute atomic E-state index is 13.3. The Morgan fingerprint density at radius 2 is 1.62 bits per heavy atom. The lowest BCUT2D eigenvalue weighted by atomic mass is 9.98. The molecule has 37 heavy (non-hydrogen) atoms. The zero-order valence-corrected chi connectivity index (χ0v) is 20.7. The van der Waals surface area contributed by atoms with E-state index in [1.165, 1.54) is 0 Å². The standard InChI is InChI=1S/C24H34N6O7/c1-3-12(2)20(24(36)37)30-23(35)18(9-19(26)32)29-22(34)17(28-21(33)15(25)11-31)8-13-10-27-16-7-5-4-6-14(13)16/h4-7,10,12,15,17-18,20,27,31H,3,8-9,11,25H2,1-2H3,(H2,26,32)(H,28,33)(H,29,34)(H,30,35)(H,36,37). The fourth-order valence-corrected chi connectivity index (χ4v) is 3.71. The topological polar surface area (TPSA) is 230 Å². The van der Waals surface area contributed by atoms with Crippen molar-refractivity contribution >= 4 is 40.5 Å². The zero-order valence-electron chi connectivity index (χ0n) is 20.7. The number of aliphatic carboxylic acids is 1. The maximum Gasteiger partial charge on any atom is 0.326 e. The Morgan fingerprint density at radius 1 is 1.00 bits per heavy atom. The van der Waals surface area contributed by atoms with Crippen LogP contribution in [0.5, 0.6) is 0 Å². The van der Waals surface area contributed by atoms with E-state index in [4.69, 9.17) is 11.5 Å². The molecule has 0 aliphatic heterocycles. The van der Waals surface area contributed by atoms with Gasteiger partial charge >= 0.3 is 5.97 Å². The number of amides is 4. The molecule has 0 aliphatic carbocycles. The first kappa shape index (κ1) is 29.3. The van der Waals surface area contributed by atoms with Gasteiger partial charge in [0.15, 0.2) is 0 Å². The molecule has 2 aromatic rings. The van der Waals surface area contributed by atoms with Gasteiger partial charge in [-0.25, -0.2) is 4.79 Å². The average molecular weight is 519 g/mol. The first-order chi connectivity index (χ1) is 17.5. The predicted molar refractivity (Wildman–Crippen MR) is 134 cm³/mol. The highest BCUT2D eigenvalue weighted by Crippen LogP contribution is 2.19. The predicted octanol–water partition coefficient (Wildman–Crippen LogP) is -1.51. The van der Waals surface area contributed by atoms with Gasteiger partial charge in [0.05, 0.1) is 13.0 Å². The number of hydrogen-bond donors (Lipinski definition) is 8. The van der Waals surface area contributed by atoms with E-state index in [9.17, 15) is 34.2 Å². The Hall–Kier alpha value is -3.97. The van der Waals surface area contributed by atoms with Gasteiger partial charge in [0.2, 0.25) is 23.6 Å². The van der Waals surface area contributed by atoms with Crippen LogP contribution < -0.4 is 27.4 Å². The largest absolute Gasteiger partial charge is 0.480 e. The van der Waals surface area contributed by atoms with Crippen molar-refractivity contribution in [1.82, 2.24) is 20.9 Å². The van der Waals surface area contributed by atoms with Gasteiger partial charge in [-0.15, -0.1) is 0 Å². The number of carbonyl (C=O) groups excluding carboxylic acids is 4. The van der Waals surface area contributed by atoms with E-state index in [0.717, 1.165) is 10.9 Å². The SMILES string of the molecule is CCC(C)C(NC(=O)C(CC(N)=O)NC(=O)C(Cc1c[nH]c2ccccc12)NC(=O)C(N)CO)C(=O)O. The maximum atomic E-state index is 13.3. The van der Waals surface area contributed by atoms with Crippen LogP contribution in [0.1, 0.15) is 32.3 Å². The van der Waals surface area contributed by atoms with E-state index in [0.29, 0.717) is 12.0 Å². The summed E-state index contributed by atoms with van der Waals surface area (Å²) in [6.45, 7) is 2.73. The number of rotatable bonds is 14. The number of benzene rings is 1. The van der Waals surface area contributed by atoms with E-state index in [2.05, 4.69) is 20.9 Å². The molecule has 1 heterocycles. The van der Waals surface area contributed by atoms with Crippen LogP contribution in [0.4, 0.5) is 0 Å². The highest BCUT2D eigenvalue weighted by molar-refractivity contribution is 5.96. The molecule has 13 heteroatoms. The second-order valence-electron chi connectivity index (χ2n) is 8.86. The van der Waals surface area contributed by atoms with Crippen molar-refractivity contribution in [2.75, 3.05) is 6.61 Å². The van der Waals surface area contributed by atoms with Crippen LogP contribution >= 0.6 is 0 Å². The lowest BCUT2D eigenvalue weighted by Crippen LogP contribution is -2.59. The first-order valence-electron chi connectivity index (χ1n) is 11.8. The zero-order chi connectivity index (χ0) is 27.7. The van der Waals surface area contributed by atoms with E-state index >= 15 is 0 Å². The third-order valence-corrected chi connectivity index (χ3v) is 6.08. The molecule has 1 aromatic carbocycles. The molecule has 0 fully saturated rings. The molecule has 202 valence electrons. The highest BCUT2D eigenvalue weighted by atomic mass is 16.4. The summed E-state index contributed by atoms with van der Waals surface area (Å²) in [4.78, 5) is 64.9. The van der Waals surface area contributed by atoms with Crippen LogP contribution in [0.15, 0.2) is 30.5 Å². The minimum absolute atomic E-state index is 0.0186. The number of fused-ring (bicyclic) bond motifs is 1. The van der Waals surface area contributed by atoms with Gasteiger partial charge in [0.25, 0.3) is 0 Å². The molecule has 0 bridgehead atoms. The number of primary amides is 1. The Balaban J connectivity index is 2.30. The minimum Gasteiger partial charge on any atom is -0.480 e. The molecule has 10 N–H and O–H groups in total. The summed E-state index contributed by atoms with van der Waals surface area (Å²) in [7, 11) is 0. The summed E-state index contributed by atoms with van der Waals surface area (Å²) in [6.07, 6.45) is 1.50. The lowest BCUT2D eigenvalue weighted by Gasteiger charge is -2.26. The quantitative estimate of drug-likeness (QED) is 0.146. The van der Waals surface area contributed by atoms with Gasteiger partial charge in [-0.2, -0.15) is 0 Å². The van der Waals surface area contributed by atoms with Gasteiger partial charge in [-0.3, -0.25) is 19.2 Å². The Bertz CT molecular complexity index is 1130. The summed E-state index contributed by atoms with van der Waals surface area (Å²) in [5.41, 5.74) is 12.3. The monoisotopic (exact) mass is 518 g/mol. The third-order valence-electron chi connectivity index (χ3n) is 6.08. The van der Waals surface area contributed by atoms with Gasteiger partial charge in [-0.1, -0.05) is 38.5 Å². The van der Waals surface area contributed by atoms with E-state index < -0.39 is 72.7 Å². The number of aliphatic hydroxyl groups is 1. The molecule has 0 radical (unpaired) electrons. The number of aromatic nitrogens is 1. The molecule has 0 spiro atoms. The second-order valence-corrected chi connectivity index (χ2v) is 8.86. The van der Waals surface area contributed by atoms with Crippen LogP contribution in [0.25, 0.3) is 10.9 Å². The van der Waals surface area contributed by atoms with E-state index in [1.807, 2.05) is 18.2 Å². The summed E-state index contributed by atoms with van der Waals surface area (Å²) in [6, 6.07) is 1.98. The number of aromatic amines is 1. The molecular formula is C24H34N6O7. The Labute approximate surface area is 213 Å². The average Bonchev–Trinajstić information content (AvgIpc) is 3.27. The number of H-pyrrole nitrogens is 1. The summed E-state index contributed by atoms with van der Waals surface area (Å²) >= 11 is 0. The molecule has 5 atom stereocenters. The lowest BCUT2D eigenvalue weighted by molar-refractivity contribution is -0.144. The van der Waals surface area contributed by atoms with Gasteiger partial charge in [-0.05, 0) is 17.5 Å². The number of para-hydroxylation sites is 1. The van der Waals surface area contributed by atoms with Crippen molar-refractivity contribution in [2.45, 2.75) is 57.3 Å². The number of nitrogens with one attached hydrogen (secondary N) is 4. The fourth-order valence-electron chi connectivity index (χ4n) is 3.71.